The second kappa shape index (κ2) is 8.54. The molecule has 0 bridgehead atoms. The zero-order chi connectivity index (χ0) is 18.6. The van der Waals surface area contributed by atoms with Crippen LogP contribution in [0.2, 0.25) is 0 Å². The minimum atomic E-state index is -0.825. The van der Waals surface area contributed by atoms with Crippen LogP contribution in [0.3, 0.4) is 0 Å². The first kappa shape index (κ1) is 19.5. The van der Waals surface area contributed by atoms with Gasteiger partial charge in [-0.25, -0.2) is 4.79 Å². The van der Waals surface area contributed by atoms with Crippen LogP contribution >= 0.6 is 0 Å². The molecule has 0 aliphatic carbocycles. The monoisotopic (exact) mass is 353 g/mol. The number of hydrogen-bond donors (Lipinski definition) is 2. The van der Waals surface area contributed by atoms with Crippen molar-refractivity contribution in [3.63, 3.8) is 0 Å². The molecule has 0 spiro atoms. The van der Waals surface area contributed by atoms with Crippen molar-refractivity contribution < 1.29 is 19.5 Å². The van der Waals surface area contributed by atoms with Crippen LogP contribution in [0.4, 0.5) is 4.79 Å². The molecule has 0 saturated carbocycles. The largest absolute Gasteiger partial charge is 0.481 e. The molecule has 25 heavy (non-hydrogen) atoms. The third kappa shape index (κ3) is 5.09. The average Bonchev–Trinajstić information content (AvgIpc) is 2.94. The topological polar surface area (TPSA) is 90.0 Å². The lowest BCUT2D eigenvalue weighted by molar-refractivity contribution is -0.143. The van der Waals surface area contributed by atoms with Crippen LogP contribution in [0.1, 0.15) is 46.5 Å². The van der Waals surface area contributed by atoms with Gasteiger partial charge in [0.2, 0.25) is 5.91 Å². The summed E-state index contributed by atoms with van der Waals surface area (Å²) in [5, 5.41) is 12.1. The normalized spacial score (nSPS) is 26.8. The van der Waals surface area contributed by atoms with Crippen LogP contribution in [0.25, 0.3) is 0 Å². The van der Waals surface area contributed by atoms with E-state index < -0.39 is 11.9 Å². The summed E-state index contributed by atoms with van der Waals surface area (Å²) in [4.78, 5) is 39.5. The van der Waals surface area contributed by atoms with Crippen LogP contribution in [0, 0.1) is 17.8 Å². The molecule has 2 saturated heterocycles. The quantitative estimate of drug-likeness (QED) is 0.788. The molecule has 3 atom stereocenters. The summed E-state index contributed by atoms with van der Waals surface area (Å²) in [5.41, 5.74) is 0. The highest BCUT2D eigenvalue weighted by atomic mass is 16.4. The maximum Gasteiger partial charge on any atom is 0.317 e. The molecule has 2 rings (SSSR count). The van der Waals surface area contributed by atoms with Gasteiger partial charge in [-0.15, -0.1) is 0 Å². The van der Waals surface area contributed by atoms with Gasteiger partial charge in [-0.05, 0) is 38.0 Å². The maximum absolute atomic E-state index is 12.6. The predicted molar refractivity (Wildman–Crippen MR) is 94.1 cm³/mol. The fraction of sp³-hybridized carbons (Fsp3) is 0.833. The second-order valence-electron chi connectivity index (χ2n) is 7.80. The number of carbonyl (C=O) groups is 3. The number of amides is 3. The number of nitrogens with zero attached hydrogens (tertiary/aromatic N) is 2. The van der Waals surface area contributed by atoms with E-state index in [1.54, 1.807) is 9.80 Å². The third-order valence-electron chi connectivity index (χ3n) is 5.32. The summed E-state index contributed by atoms with van der Waals surface area (Å²) in [6.07, 6.45) is 2.76. The van der Waals surface area contributed by atoms with E-state index in [1.165, 1.54) is 0 Å². The Kier molecular flexibility index (Phi) is 6.67. The molecule has 0 radical (unpaired) electrons. The molecular formula is C18H31N3O4. The van der Waals surface area contributed by atoms with Crippen molar-refractivity contribution in [3.05, 3.63) is 0 Å². The highest BCUT2D eigenvalue weighted by molar-refractivity contribution is 5.80. The van der Waals surface area contributed by atoms with Crippen LogP contribution in [-0.4, -0.2) is 65.0 Å². The number of rotatable bonds is 5. The molecule has 2 fully saturated rings. The molecule has 2 aliphatic heterocycles. The third-order valence-corrected chi connectivity index (χ3v) is 5.32. The van der Waals surface area contributed by atoms with E-state index in [0.29, 0.717) is 38.4 Å². The number of nitrogens with one attached hydrogen (secondary N) is 1. The molecule has 2 heterocycles. The molecule has 2 aliphatic rings. The fourth-order valence-corrected chi connectivity index (χ4v) is 3.81. The molecule has 0 aromatic carbocycles. The number of hydrogen-bond acceptors (Lipinski definition) is 3. The van der Waals surface area contributed by atoms with Gasteiger partial charge in [0.25, 0.3) is 0 Å². The molecular weight excluding hydrogens is 322 g/mol. The second-order valence-corrected chi connectivity index (χ2v) is 7.80. The number of carbonyl (C=O) groups excluding carboxylic acids is 2. The van der Waals surface area contributed by atoms with Gasteiger partial charge < -0.3 is 20.2 Å². The Labute approximate surface area is 149 Å². The minimum Gasteiger partial charge on any atom is -0.481 e. The van der Waals surface area contributed by atoms with Crippen molar-refractivity contribution in [2.75, 3.05) is 26.2 Å². The van der Waals surface area contributed by atoms with Gasteiger partial charge in [0.15, 0.2) is 0 Å². The zero-order valence-electron chi connectivity index (χ0n) is 15.5. The highest BCUT2D eigenvalue weighted by Crippen LogP contribution is 2.27. The minimum absolute atomic E-state index is 0.0192. The highest BCUT2D eigenvalue weighted by Gasteiger charge is 2.38. The van der Waals surface area contributed by atoms with Gasteiger partial charge in [0.1, 0.15) is 0 Å². The Morgan fingerprint density at radius 1 is 1.20 bits per heavy atom. The Morgan fingerprint density at radius 3 is 2.52 bits per heavy atom. The maximum atomic E-state index is 12.6. The summed E-state index contributed by atoms with van der Waals surface area (Å²) in [5.74, 6) is -0.708. The molecule has 0 aromatic rings. The molecule has 142 valence electrons. The van der Waals surface area contributed by atoms with E-state index in [0.717, 1.165) is 19.4 Å². The van der Waals surface area contributed by atoms with E-state index in [-0.39, 0.29) is 23.9 Å². The lowest BCUT2D eigenvalue weighted by atomic mass is 9.94. The number of piperidine rings is 1. The summed E-state index contributed by atoms with van der Waals surface area (Å²) in [6, 6.07) is -0.301. The Balaban J connectivity index is 1.84. The van der Waals surface area contributed by atoms with Crippen LogP contribution in [-0.2, 0) is 9.59 Å². The molecule has 0 aromatic heterocycles. The van der Waals surface area contributed by atoms with Gasteiger partial charge in [0, 0.05) is 38.6 Å². The first-order valence-electron chi connectivity index (χ1n) is 9.34. The Hall–Kier alpha value is -1.79. The molecule has 3 unspecified atom stereocenters. The van der Waals surface area contributed by atoms with Crippen molar-refractivity contribution in [1.29, 1.82) is 0 Å². The first-order chi connectivity index (χ1) is 11.8. The van der Waals surface area contributed by atoms with E-state index >= 15 is 0 Å². The Morgan fingerprint density at radius 2 is 1.92 bits per heavy atom. The van der Waals surface area contributed by atoms with Crippen LogP contribution in [0.5, 0.6) is 0 Å². The molecule has 2 N–H and O–H groups in total. The van der Waals surface area contributed by atoms with Gasteiger partial charge in [-0.1, -0.05) is 13.8 Å². The summed E-state index contributed by atoms with van der Waals surface area (Å²) in [6.45, 7) is 8.43. The summed E-state index contributed by atoms with van der Waals surface area (Å²) >= 11 is 0. The fourth-order valence-electron chi connectivity index (χ4n) is 3.81. The standard InChI is InChI=1S/C18H31N3O4/c1-12(2)10-19-18(25)20-7-4-5-14(11-20)9-16(22)21-8-6-15(13(21)3)17(23)24/h12-15H,4-11H2,1-3H3,(H,19,25)(H,23,24). The lowest BCUT2D eigenvalue weighted by Crippen LogP contribution is -2.47. The SMILES string of the molecule is CC(C)CNC(=O)N1CCCC(CC(=O)N2CCC(C(=O)O)C2C)C1. The summed E-state index contributed by atoms with van der Waals surface area (Å²) in [7, 11) is 0. The van der Waals surface area contributed by atoms with E-state index in [9.17, 15) is 19.5 Å². The van der Waals surface area contributed by atoms with Crippen LogP contribution in [0.15, 0.2) is 0 Å². The smallest absolute Gasteiger partial charge is 0.317 e. The van der Waals surface area contributed by atoms with Crippen molar-refractivity contribution >= 4 is 17.9 Å². The van der Waals surface area contributed by atoms with Crippen molar-refractivity contribution in [1.82, 2.24) is 15.1 Å². The average molecular weight is 353 g/mol. The Bertz CT molecular complexity index is 509. The van der Waals surface area contributed by atoms with E-state index in [4.69, 9.17) is 0 Å². The van der Waals surface area contributed by atoms with Gasteiger partial charge >= 0.3 is 12.0 Å². The predicted octanol–water partition coefficient (Wildman–Crippen LogP) is 1.78. The number of carboxylic acid groups (broad SMARTS) is 1. The van der Waals surface area contributed by atoms with Gasteiger partial charge in [0.05, 0.1) is 5.92 Å². The van der Waals surface area contributed by atoms with Crippen molar-refractivity contribution in [2.24, 2.45) is 17.8 Å². The van der Waals surface area contributed by atoms with E-state index in [2.05, 4.69) is 19.2 Å². The number of urea groups is 1. The molecule has 7 heteroatoms. The van der Waals surface area contributed by atoms with Gasteiger partial charge in [-0.2, -0.15) is 0 Å². The number of likely N-dealkylation sites (tertiary alicyclic amines) is 2. The molecule has 7 nitrogen and oxygen atoms in total. The number of carboxylic acids is 1. The lowest BCUT2D eigenvalue weighted by Gasteiger charge is -2.34. The van der Waals surface area contributed by atoms with Crippen molar-refractivity contribution in [2.45, 2.75) is 52.5 Å². The van der Waals surface area contributed by atoms with Crippen molar-refractivity contribution in [3.8, 4) is 0 Å². The summed E-state index contributed by atoms with van der Waals surface area (Å²) < 4.78 is 0. The first-order valence-corrected chi connectivity index (χ1v) is 9.34. The zero-order valence-corrected chi connectivity index (χ0v) is 15.5. The van der Waals surface area contributed by atoms with Crippen LogP contribution < -0.4 is 5.32 Å². The van der Waals surface area contributed by atoms with Gasteiger partial charge in [-0.3, -0.25) is 9.59 Å². The molecule has 3 amide bonds. The number of aliphatic carboxylic acids is 1. The van der Waals surface area contributed by atoms with E-state index in [1.807, 2.05) is 6.92 Å².